The van der Waals surface area contributed by atoms with Crippen molar-refractivity contribution in [3.05, 3.63) is 64.1 Å². The first-order valence-electron chi connectivity index (χ1n) is 8.11. The van der Waals surface area contributed by atoms with E-state index in [2.05, 4.69) is 21.5 Å². The maximum absolute atomic E-state index is 12.3. The zero-order valence-corrected chi connectivity index (χ0v) is 15.3. The van der Waals surface area contributed by atoms with Crippen LogP contribution in [0.1, 0.15) is 18.0 Å². The molecular weight excluding hydrogens is 375 g/mol. The minimum absolute atomic E-state index is 0.0210. The molecular formula is C18H18Cl2N4O2. The molecule has 1 aliphatic rings. The van der Waals surface area contributed by atoms with E-state index in [0.29, 0.717) is 22.2 Å². The van der Waals surface area contributed by atoms with Gasteiger partial charge in [0.2, 0.25) is 11.8 Å². The number of halogens is 2. The number of amides is 2. The Hall–Kier alpha value is -2.12. The first-order chi connectivity index (χ1) is 12.5. The summed E-state index contributed by atoms with van der Waals surface area (Å²) in [6.45, 7) is -0.110. The van der Waals surface area contributed by atoms with Crippen molar-refractivity contribution in [3.63, 3.8) is 0 Å². The second-order valence-corrected chi connectivity index (χ2v) is 6.83. The molecule has 0 bridgehead atoms. The van der Waals surface area contributed by atoms with E-state index in [1.54, 1.807) is 30.3 Å². The van der Waals surface area contributed by atoms with E-state index < -0.39 is 6.04 Å². The molecule has 2 aromatic rings. The van der Waals surface area contributed by atoms with Crippen LogP contribution >= 0.6 is 23.2 Å². The Bertz CT molecular complexity index is 798. The van der Waals surface area contributed by atoms with Gasteiger partial charge in [0.25, 0.3) is 0 Å². The first-order valence-corrected chi connectivity index (χ1v) is 8.86. The zero-order chi connectivity index (χ0) is 18.5. The van der Waals surface area contributed by atoms with Crippen LogP contribution in [0.25, 0.3) is 0 Å². The van der Waals surface area contributed by atoms with Gasteiger partial charge in [0.15, 0.2) is 0 Å². The summed E-state index contributed by atoms with van der Waals surface area (Å²) in [4.78, 5) is 24.2. The Morgan fingerprint density at radius 1 is 1.04 bits per heavy atom. The van der Waals surface area contributed by atoms with Crippen LogP contribution < -0.4 is 21.5 Å². The maximum Gasteiger partial charge on any atom is 0.243 e. The highest BCUT2D eigenvalue weighted by molar-refractivity contribution is 6.30. The van der Waals surface area contributed by atoms with Gasteiger partial charge < -0.3 is 10.6 Å². The highest BCUT2D eigenvalue weighted by atomic mass is 35.5. The molecule has 0 saturated carbocycles. The molecule has 0 spiro atoms. The average molecular weight is 393 g/mol. The van der Waals surface area contributed by atoms with Crippen molar-refractivity contribution in [1.82, 2.24) is 16.2 Å². The van der Waals surface area contributed by atoms with Crippen LogP contribution in [0.2, 0.25) is 10.0 Å². The summed E-state index contributed by atoms with van der Waals surface area (Å²) in [5.41, 5.74) is 7.66. The smallest absolute Gasteiger partial charge is 0.243 e. The molecule has 2 aromatic carbocycles. The van der Waals surface area contributed by atoms with Gasteiger partial charge in [-0.1, -0.05) is 35.3 Å². The lowest BCUT2D eigenvalue weighted by atomic mass is 10.0. The van der Waals surface area contributed by atoms with Crippen LogP contribution in [0.15, 0.2) is 48.5 Å². The Labute approximate surface area is 161 Å². The van der Waals surface area contributed by atoms with Crippen molar-refractivity contribution >= 4 is 40.7 Å². The normalized spacial score (nSPS) is 19.2. The number of nitrogens with one attached hydrogen (secondary N) is 4. The van der Waals surface area contributed by atoms with Crippen molar-refractivity contribution in [2.24, 2.45) is 0 Å². The first kappa shape index (κ1) is 18.7. The highest BCUT2D eigenvalue weighted by Crippen LogP contribution is 2.24. The molecule has 3 rings (SSSR count). The van der Waals surface area contributed by atoms with Gasteiger partial charge in [0, 0.05) is 21.8 Å². The lowest BCUT2D eigenvalue weighted by molar-refractivity contribution is -0.125. The van der Waals surface area contributed by atoms with Gasteiger partial charge in [-0.2, -0.15) is 0 Å². The molecule has 4 N–H and O–H groups in total. The Morgan fingerprint density at radius 2 is 1.81 bits per heavy atom. The quantitative estimate of drug-likeness (QED) is 0.630. The number of hydrogen-bond acceptors (Lipinski definition) is 4. The fourth-order valence-corrected chi connectivity index (χ4v) is 3.02. The van der Waals surface area contributed by atoms with Crippen molar-refractivity contribution in [3.8, 4) is 0 Å². The van der Waals surface area contributed by atoms with E-state index in [9.17, 15) is 9.59 Å². The number of hydrogen-bond donors (Lipinski definition) is 4. The van der Waals surface area contributed by atoms with Gasteiger partial charge in [-0.25, -0.2) is 10.9 Å². The SMILES string of the molecule is O=C(CNC(=O)C1CC(c2cccc(Cl)c2)NN1)Nc1ccc(Cl)cc1. The third-order valence-electron chi connectivity index (χ3n) is 4.02. The van der Waals surface area contributed by atoms with Crippen molar-refractivity contribution in [1.29, 1.82) is 0 Å². The molecule has 0 aliphatic carbocycles. The number of anilines is 1. The van der Waals surface area contributed by atoms with E-state index in [-0.39, 0.29) is 24.4 Å². The van der Waals surface area contributed by atoms with E-state index in [0.717, 1.165) is 5.56 Å². The van der Waals surface area contributed by atoms with Crippen molar-refractivity contribution in [2.45, 2.75) is 18.5 Å². The molecule has 136 valence electrons. The summed E-state index contributed by atoms with van der Waals surface area (Å²) in [6.07, 6.45) is 0.560. The highest BCUT2D eigenvalue weighted by Gasteiger charge is 2.30. The number of benzene rings is 2. The van der Waals surface area contributed by atoms with Gasteiger partial charge >= 0.3 is 0 Å². The van der Waals surface area contributed by atoms with Gasteiger partial charge in [0.1, 0.15) is 6.04 Å². The van der Waals surface area contributed by atoms with Crippen LogP contribution in [0.4, 0.5) is 5.69 Å². The monoisotopic (exact) mass is 392 g/mol. The lowest BCUT2D eigenvalue weighted by Gasteiger charge is -2.11. The summed E-state index contributed by atoms with van der Waals surface area (Å²) >= 11 is 11.8. The molecule has 2 amide bonds. The number of carbonyl (C=O) groups excluding carboxylic acids is 2. The molecule has 6 nitrogen and oxygen atoms in total. The Kier molecular flexibility index (Phi) is 6.11. The van der Waals surface area contributed by atoms with Crippen LogP contribution in [0.3, 0.4) is 0 Å². The molecule has 0 radical (unpaired) electrons. The summed E-state index contributed by atoms with van der Waals surface area (Å²) in [7, 11) is 0. The van der Waals surface area contributed by atoms with E-state index in [4.69, 9.17) is 23.2 Å². The predicted octanol–water partition coefficient (Wildman–Crippen LogP) is 2.66. The van der Waals surface area contributed by atoms with Crippen LogP contribution in [0, 0.1) is 0 Å². The average Bonchev–Trinajstić information content (AvgIpc) is 3.12. The van der Waals surface area contributed by atoms with Gasteiger partial charge in [0.05, 0.1) is 6.54 Å². The van der Waals surface area contributed by atoms with Gasteiger partial charge in [-0.3, -0.25) is 9.59 Å². The third kappa shape index (κ3) is 4.95. The topological polar surface area (TPSA) is 82.3 Å². The fraction of sp³-hybridized carbons (Fsp3) is 0.222. The molecule has 26 heavy (non-hydrogen) atoms. The van der Waals surface area contributed by atoms with Crippen molar-refractivity contribution < 1.29 is 9.59 Å². The standard InChI is InChI=1S/C18H18Cl2N4O2/c19-12-4-6-14(7-5-12)22-17(25)10-21-18(26)16-9-15(23-24-16)11-2-1-3-13(20)8-11/h1-8,15-16,23-24H,9-10H2,(H,21,26)(H,22,25). The molecule has 8 heteroatoms. The van der Waals surface area contributed by atoms with E-state index in [1.807, 2.05) is 18.2 Å². The van der Waals surface area contributed by atoms with Crippen LogP contribution in [-0.4, -0.2) is 24.4 Å². The predicted molar refractivity (Wildman–Crippen MR) is 102 cm³/mol. The molecule has 2 unspecified atom stereocenters. The third-order valence-corrected chi connectivity index (χ3v) is 4.51. The summed E-state index contributed by atoms with van der Waals surface area (Å²) in [5.74, 6) is -0.550. The molecule has 0 aromatic heterocycles. The lowest BCUT2D eigenvalue weighted by Crippen LogP contribution is -2.45. The minimum Gasteiger partial charge on any atom is -0.346 e. The minimum atomic E-state index is -0.428. The molecule has 1 heterocycles. The summed E-state index contributed by atoms with van der Waals surface area (Å²) in [5, 5.41) is 6.56. The summed E-state index contributed by atoms with van der Waals surface area (Å²) < 4.78 is 0. The molecule has 1 aliphatic heterocycles. The molecule has 1 saturated heterocycles. The van der Waals surface area contributed by atoms with Crippen molar-refractivity contribution in [2.75, 3.05) is 11.9 Å². The van der Waals surface area contributed by atoms with Crippen LogP contribution in [-0.2, 0) is 9.59 Å². The van der Waals surface area contributed by atoms with Gasteiger partial charge in [-0.15, -0.1) is 0 Å². The van der Waals surface area contributed by atoms with E-state index >= 15 is 0 Å². The molecule has 1 fully saturated rings. The maximum atomic E-state index is 12.3. The second kappa shape index (κ2) is 8.51. The summed E-state index contributed by atoms with van der Waals surface area (Å²) in [6, 6.07) is 13.8. The zero-order valence-electron chi connectivity index (χ0n) is 13.8. The fourth-order valence-electron chi connectivity index (χ4n) is 2.70. The number of carbonyl (C=O) groups is 2. The Morgan fingerprint density at radius 3 is 2.54 bits per heavy atom. The van der Waals surface area contributed by atoms with Crippen LogP contribution in [0.5, 0.6) is 0 Å². The van der Waals surface area contributed by atoms with Gasteiger partial charge in [-0.05, 0) is 48.4 Å². The van der Waals surface area contributed by atoms with E-state index in [1.165, 1.54) is 0 Å². The second-order valence-electron chi connectivity index (χ2n) is 5.96. The molecule has 2 atom stereocenters. The largest absolute Gasteiger partial charge is 0.346 e. The number of hydrazine groups is 1. The number of rotatable bonds is 5. The Balaban J connectivity index is 1.46.